The largest absolute Gasteiger partial charge is 0.490 e. The van der Waals surface area contributed by atoms with E-state index in [0.717, 1.165) is 22.8 Å². The van der Waals surface area contributed by atoms with Crippen LogP contribution in [-0.4, -0.2) is 31.2 Å². The number of carbonyl (C=O) groups excluding carboxylic acids is 1. The zero-order chi connectivity index (χ0) is 19.7. The Kier molecular flexibility index (Phi) is 5.54. The highest BCUT2D eigenvalue weighted by Gasteiger charge is 2.27. The summed E-state index contributed by atoms with van der Waals surface area (Å²) in [7, 11) is 1.43. The van der Waals surface area contributed by atoms with E-state index in [4.69, 9.17) is 26.8 Å². The van der Waals surface area contributed by atoms with E-state index in [1.807, 2.05) is 0 Å². The van der Waals surface area contributed by atoms with Gasteiger partial charge in [-0.2, -0.15) is 0 Å². The quantitative estimate of drug-likeness (QED) is 0.483. The summed E-state index contributed by atoms with van der Waals surface area (Å²) in [5, 5.41) is 0.762. The number of hydrogen-bond acceptors (Lipinski definition) is 5. The molecule has 142 valence electrons. The van der Waals surface area contributed by atoms with Crippen LogP contribution in [-0.2, 0) is 4.74 Å². The van der Waals surface area contributed by atoms with E-state index in [-0.39, 0.29) is 51.0 Å². The third-order valence-electron chi connectivity index (χ3n) is 3.67. The molecule has 2 heterocycles. The van der Waals surface area contributed by atoms with Gasteiger partial charge in [0.25, 0.3) is 5.91 Å². The number of ether oxygens (including phenoxy) is 2. The molecular weight excluding hydrogens is 405 g/mol. The van der Waals surface area contributed by atoms with E-state index in [2.05, 4.69) is 4.98 Å². The number of aromatic nitrogens is 1. The molecule has 0 unspecified atom stereocenters. The number of carbonyl (C=O) groups is 1. The van der Waals surface area contributed by atoms with Crippen molar-refractivity contribution < 1.29 is 27.4 Å². The molecule has 0 saturated heterocycles. The van der Waals surface area contributed by atoms with Gasteiger partial charge in [-0.25, -0.2) is 18.2 Å². The first-order valence-electron chi connectivity index (χ1n) is 7.52. The first-order chi connectivity index (χ1) is 12.8. The van der Waals surface area contributed by atoms with Gasteiger partial charge >= 0.3 is 0 Å². The molecule has 0 aliphatic heterocycles. The standard InChI is InChI=1S/C17H12ClF3N2O3S/c1-25-2-3-26-10-5-7(19)4-8(20)11(10)13-14(17(22)24)23-16(18)12-9(21)6-27-15(12)13/h4-6H,2-3H2,1H3,(H2,22,24). The van der Waals surface area contributed by atoms with Crippen LogP contribution < -0.4 is 10.5 Å². The Morgan fingerprint density at radius 2 is 1.96 bits per heavy atom. The van der Waals surface area contributed by atoms with Gasteiger partial charge in [-0.3, -0.25) is 4.79 Å². The van der Waals surface area contributed by atoms with Crippen molar-refractivity contribution >= 4 is 38.9 Å². The van der Waals surface area contributed by atoms with Crippen molar-refractivity contribution in [3.63, 3.8) is 0 Å². The van der Waals surface area contributed by atoms with Crippen molar-refractivity contribution in [2.45, 2.75) is 0 Å². The lowest BCUT2D eigenvalue weighted by Gasteiger charge is -2.15. The van der Waals surface area contributed by atoms with E-state index in [1.165, 1.54) is 7.11 Å². The highest BCUT2D eigenvalue weighted by Crippen LogP contribution is 2.44. The molecule has 0 saturated carbocycles. The number of nitrogens with zero attached hydrogens (tertiary/aromatic N) is 1. The van der Waals surface area contributed by atoms with E-state index >= 15 is 0 Å². The molecule has 0 aliphatic carbocycles. The maximum Gasteiger partial charge on any atom is 0.268 e. The average molecular weight is 417 g/mol. The van der Waals surface area contributed by atoms with Crippen LogP contribution in [0.15, 0.2) is 17.5 Å². The summed E-state index contributed by atoms with van der Waals surface area (Å²) in [6, 6.07) is 1.57. The van der Waals surface area contributed by atoms with Gasteiger partial charge in [-0.05, 0) is 0 Å². The van der Waals surface area contributed by atoms with Gasteiger partial charge in [0.05, 0.1) is 22.3 Å². The van der Waals surface area contributed by atoms with Gasteiger partial charge in [-0.15, -0.1) is 11.3 Å². The molecule has 0 atom stereocenters. The summed E-state index contributed by atoms with van der Waals surface area (Å²) in [5.41, 5.74) is 4.61. The summed E-state index contributed by atoms with van der Waals surface area (Å²) in [5.74, 6) is -3.81. The van der Waals surface area contributed by atoms with E-state index in [1.54, 1.807) is 0 Å². The Labute approximate surface area is 160 Å². The van der Waals surface area contributed by atoms with Crippen LogP contribution in [0.4, 0.5) is 13.2 Å². The predicted molar refractivity (Wildman–Crippen MR) is 95.8 cm³/mol. The lowest BCUT2D eigenvalue weighted by Crippen LogP contribution is -2.16. The van der Waals surface area contributed by atoms with E-state index in [9.17, 15) is 18.0 Å². The van der Waals surface area contributed by atoms with Gasteiger partial charge < -0.3 is 15.2 Å². The first-order valence-corrected chi connectivity index (χ1v) is 8.78. The van der Waals surface area contributed by atoms with Gasteiger partial charge in [0.1, 0.15) is 40.7 Å². The highest BCUT2D eigenvalue weighted by molar-refractivity contribution is 7.18. The Bertz CT molecular complexity index is 1040. The van der Waals surface area contributed by atoms with Gasteiger partial charge in [-0.1, -0.05) is 11.6 Å². The minimum Gasteiger partial charge on any atom is -0.490 e. The van der Waals surface area contributed by atoms with E-state index in [0.29, 0.717) is 6.07 Å². The number of methoxy groups -OCH3 is 1. The molecule has 3 aromatic rings. The maximum absolute atomic E-state index is 14.7. The molecule has 27 heavy (non-hydrogen) atoms. The summed E-state index contributed by atoms with van der Waals surface area (Å²) >= 11 is 6.85. The molecule has 1 amide bonds. The number of benzene rings is 1. The van der Waals surface area contributed by atoms with Crippen LogP contribution in [0.5, 0.6) is 5.75 Å². The van der Waals surface area contributed by atoms with E-state index < -0.39 is 23.4 Å². The third kappa shape index (κ3) is 3.58. The van der Waals surface area contributed by atoms with Gasteiger partial charge in [0.15, 0.2) is 0 Å². The monoisotopic (exact) mass is 416 g/mol. The van der Waals surface area contributed by atoms with Crippen molar-refractivity contribution in [3.8, 4) is 16.9 Å². The van der Waals surface area contributed by atoms with Crippen molar-refractivity contribution in [2.75, 3.05) is 20.3 Å². The lowest BCUT2D eigenvalue weighted by atomic mass is 10.00. The Morgan fingerprint density at radius 3 is 2.63 bits per heavy atom. The molecule has 3 rings (SSSR count). The molecule has 0 radical (unpaired) electrons. The maximum atomic E-state index is 14.7. The minimum atomic E-state index is -1.02. The predicted octanol–water partition coefficient (Wildman–Crippen LogP) is 4.16. The lowest BCUT2D eigenvalue weighted by molar-refractivity contribution is 0.0996. The fourth-order valence-corrected chi connectivity index (χ4v) is 3.88. The van der Waals surface area contributed by atoms with Crippen LogP contribution in [0, 0.1) is 17.5 Å². The first kappa shape index (κ1) is 19.4. The zero-order valence-electron chi connectivity index (χ0n) is 13.8. The summed E-state index contributed by atoms with van der Waals surface area (Å²) in [6.45, 7) is 0.142. The molecule has 0 bridgehead atoms. The van der Waals surface area contributed by atoms with Crippen LogP contribution in [0.1, 0.15) is 10.5 Å². The number of rotatable bonds is 6. The summed E-state index contributed by atoms with van der Waals surface area (Å²) in [6.07, 6.45) is 0. The molecule has 0 fully saturated rings. The fraction of sp³-hybridized carbons (Fsp3) is 0.176. The second-order valence-electron chi connectivity index (χ2n) is 5.38. The van der Waals surface area contributed by atoms with Gasteiger partial charge in [0.2, 0.25) is 0 Å². The smallest absolute Gasteiger partial charge is 0.268 e. The summed E-state index contributed by atoms with van der Waals surface area (Å²) < 4.78 is 53.0. The fourth-order valence-electron chi connectivity index (χ4n) is 2.58. The Balaban J connectivity index is 2.36. The highest BCUT2D eigenvalue weighted by atomic mass is 35.5. The molecular formula is C17H12ClF3N2O3S. The van der Waals surface area contributed by atoms with Crippen molar-refractivity contribution in [3.05, 3.63) is 45.8 Å². The number of amides is 1. The number of pyridine rings is 1. The molecule has 2 N–H and O–H groups in total. The van der Waals surface area contributed by atoms with Crippen molar-refractivity contribution in [1.82, 2.24) is 4.98 Å². The number of primary amides is 1. The Hall–Kier alpha value is -2.36. The normalized spacial score (nSPS) is 11.1. The van der Waals surface area contributed by atoms with Crippen LogP contribution >= 0.6 is 22.9 Å². The topological polar surface area (TPSA) is 74.4 Å². The average Bonchev–Trinajstić information content (AvgIpc) is 2.98. The third-order valence-corrected chi connectivity index (χ3v) is 4.92. The van der Waals surface area contributed by atoms with Crippen molar-refractivity contribution in [2.24, 2.45) is 5.73 Å². The number of hydrogen-bond donors (Lipinski definition) is 1. The van der Waals surface area contributed by atoms with Crippen LogP contribution in [0.25, 0.3) is 21.2 Å². The number of halogens is 4. The van der Waals surface area contributed by atoms with Gasteiger partial charge in [0, 0.05) is 30.2 Å². The zero-order valence-corrected chi connectivity index (χ0v) is 15.4. The number of nitrogens with two attached hydrogens (primary N) is 1. The molecule has 0 spiro atoms. The number of thiophene rings is 1. The second kappa shape index (κ2) is 7.71. The minimum absolute atomic E-state index is 0.0126. The molecule has 1 aromatic carbocycles. The SMILES string of the molecule is COCCOc1cc(F)cc(F)c1-c1c(C(N)=O)nc(Cl)c2c(F)csc12. The second-order valence-corrected chi connectivity index (χ2v) is 6.62. The van der Waals surface area contributed by atoms with Crippen molar-refractivity contribution in [1.29, 1.82) is 0 Å². The summed E-state index contributed by atoms with van der Waals surface area (Å²) in [4.78, 5) is 15.7. The molecule has 5 nitrogen and oxygen atoms in total. The van der Waals surface area contributed by atoms with Crippen LogP contribution in [0.2, 0.25) is 5.15 Å². The molecule has 10 heteroatoms. The molecule has 0 aliphatic rings. The molecule has 2 aromatic heterocycles. The van der Waals surface area contributed by atoms with Crippen LogP contribution in [0.3, 0.4) is 0 Å². The Morgan fingerprint density at radius 1 is 1.22 bits per heavy atom. The number of fused-ring (bicyclic) bond motifs is 1.